The summed E-state index contributed by atoms with van der Waals surface area (Å²) < 4.78 is 7.30. The zero-order valence-electron chi connectivity index (χ0n) is 12.9. The first kappa shape index (κ1) is 16.0. The Morgan fingerprint density at radius 3 is 2.83 bits per heavy atom. The van der Waals surface area contributed by atoms with Crippen LogP contribution >= 0.6 is 23.4 Å². The lowest BCUT2D eigenvalue weighted by Crippen LogP contribution is -1.97. The average molecular weight is 350 g/mol. The van der Waals surface area contributed by atoms with Crippen LogP contribution in [-0.4, -0.2) is 30.7 Å². The second kappa shape index (κ2) is 7.14. The minimum atomic E-state index is 0.601. The first-order valence-corrected chi connectivity index (χ1v) is 8.58. The smallest absolute Gasteiger partial charge is 0.216 e. The zero-order valence-corrected chi connectivity index (χ0v) is 14.4. The summed E-state index contributed by atoms with van der Waals surface area (Å²) in [4.78, 5) is 0. The van der Waals surface area contributed by atoms with E-state index in [0.29, 0.717) is 11.8 Å². The van der Waals surface area contributed by atoms with E-state index in [2.05, 4.69) is 20.4 Å². The highest BCUT2D eigenvalue weighted by Crippen LogP contribution is 2.24. The van der Waals surface area contributed by atoms with Gasteiger partial charge in [-0.1, -0.05) is 29.4 Å². The highest BCUT2D eigenvalue weighted by atomic mass is 35.5. The van der Waals surface area contributed by atoms with Gasteiger partial charge in [-0.3, -0.25) is 4.57 Å². The van der Waals surface area contributed by atoms with Crippen molar-refractivity contribution < 1.29 is 4.42 Å². The maximum Gasteiger partial charge on any atom is 0.216 e. The monoisotopic (exact) mass is 349 g/mol. The largest absolute Gasteiger partial charge is 0.426 e. The van der Waals surface area contributed by atoms with Crippen LogP contribution in [0.4, 0.5) is 0 Å². The van der Waals surface area contributed by atoms with Crippen molar-refractivity contribution >= 4 is 23.4 Å². The molecule has 0 radical (unpaired) electrons. The molecular formula is C15H16ClN5OS. The summed E-state index contributed by atoms with van der Waals surface area (Å²) >= 11 is 7.84. The minimum absolute atomic E-state index is 0.601. The van der Waals surface area contributed by atoms with E-state index in [4.69, 9.17) is 16.0 Å². The molecule has 0 fully saturated rings. The number of benzene rings is 1. The summed E-state index contributed by atoms with van der Waals surface area (Å²) in [5, 5.41) is 17.6. The van der Waals surface area contributed by atoms with Gasteiger partial charge in [0.1, 0.15) is 6.33 Å². The Bertz CT molecular complexity index is 801. The van der Waals surface area contributed by atoms with Crippen LogP contribution in [0.2, 0.25) is 5.02 Å². The van der Waals surface area contributed by atoms with Crippen molar-refractivity contribution in [3.05, 3.63) is 46.9 Å². The van der Waals surface area contributed by atoms with E-state index in [9.17, 15) is 0 Å². The molecule has 8 heteroatoms. The number of aromatic nitrogens is 5. The summed E-state index contributed by atoms with van der Waals surface area (Å²) in [7, 11) is 0. The Morgan fingerprint density at radius 1 is 1.22 bits per heavy atom. The first-order chi connectivity index (χ1) is 11.1. The highest BCUT2D eigenvalue weighted by molar-refractivity contribution is 7.99. The van der Waals surface area contributed by atoms with Crippen molar-refractivity contribution in [2.45, 2.75) is 31.8 Å². The Morgan fingerprint density at radius 2 is 2.09 bits per heavy atom. The molecule has 0 N–H and O–H groups in total. The molecule has 0 spiro atoms. The topological polar surface area (TPSA) is 69.6 Å². The molecule has 6 nitrogen and oxygen atoms in total. The van der Waals surface area contributed by atoms with Gasteiger partial charge in [-0.15, -0.1) is 20.4 Å². The Kier molecular flexibility index (Phi) is 4.97. The average Bonchev–Trinajstić information content (AvgIpc) is 3.15. The lowest BCUT2D eigenvalue weighted by atomic mass is 10.2. The van der Waals surface area contributed by atoms with Gasteiger partial charge in [0.2, 0.25) is 11.8 Å². The van der Waals surface area contributed by atoms with Gasteiger partial charge >= 0.3 is 0 Å². The lowest BCUT2D eigenvalue weighted by Gasteiger charge is -2.07. The van der Waals surface area contributed by atoms with Gasteiger partial charge in [0.25, 0.3) is 0 Å². The van der Waals surface area contributed by atoms with Crippen molar-refractivity contribution in [2.24, 2.45) is 0 Å². The van der Waals surface area contributed by atoms with E-state index in [1.807, 2.05) is 29.7 Å². The number of hydrogen-bond donors (Lipinski definition) is 0. The van der Waals surface area contributed by atoms with Crippen LogP contribution in [0.25, 0.3) is 5.69 Å². The molecule has 0 unspecified atom stereocenters. The van der Waals surface area contributed by atoms with E-state index >= 15 is 0 Å². The molecular weight excluding hydrogens is 334 g/mol. The Balaban J connectivity index is 1.61. The molecule has 0 atom stereocenters. The Hall–Kier alpha value is -1.86. The molecule has 3 rings (SSSR count). The lowest BCUT2D eigenvalue weighted by molar-refractivity contribution is 0.465. The van der Waals surface area contributed by atoms with Gasteiger partial charge in [0.15, 0.2) is 5.16 Å². The maximum atomic E-state index is 6.20. The number of thioether (sulfide) groups is 1. The molecule has 0 saturated heterocycles. The number of nitrogens with zero attached hydrogens (tertiary/aromatic N) is 5. The second-order valence-electron chi connectivity index (χ2n) is 5.08. The molecule has 0 bridgehead atoms. The predicted octanol–water partition coefficient (Wildman–Crippen LogP) is 3.65. The first-order valence-electron chi connectivity index (χ1n) is 7.22. The van der Waals surface area contributed by atoms with Crippen LogP contribution < -0.4 is 0 Å². The summed E-state index contributed by atoms with van der Waals surface area (Å²) in [6.45, 7) is 3.77. The minimum Gasteiger partial charge on any atom is -0.426 e. The summed E-state index contributed by atoms with van der Waals surface area (Å²) in [5.74, 6) is 2.17. The third-order valence-electron chi connectivity index (χ3n) is 3.28. The van der Waals surface area contributed by atoms with E-state index in [1.165, 1.54) is 0 Å². The van der Waals surface area contributed by atoms with Crippen LogP contribution in [-0.2, 0) is 6.42 Å². The van der Waals surface area contributed by atoms with Crippen molar-refractivity contribution in [1.29, 1.82) is 0 Å². The van der Waals surface area contributed by atoms with Crippen molar-refractivity contribution in [1.82, 2.24) is 25.0 Å². The van der Waals surface area contributed by atoms with Gasteiger partial charge < -0.3 is 4.42 Å². The van der Waals surface area contributed by atoms with Crippen molar-refractivity contribution in [3.8, 4) is 5.69 Å². The van der Waals surface area contributed by atoms with Gasteiger partial charge in [-0.25, -0.2) is 0 Å². The van der Waals surface area contributed by atoms with Crippen LogP contribution in [0.1, 0.15) is 23.8 Å². The predicted molar refractivity (Wildman–Crippen MR) is 89.2 cm³/mol. The van der Waals surface area contributed by atoms with Gasteiger partial charge in [-0.2, -0.15) is 0 Å². The van der Waals surface area contributed by atoms with E-state index in [0.717, 1.165) is 40.0 Å². The third kappa shape index (κ3) is 3.92. The van der Waals surface area contributed by atoms with Crippen molar-refractivity contribution in [2.75, 3.05) is 5.75 Å². The fourth-order valence-electron chi connectivity index (χ4n) is 2.06. The highest BCUT2D eigenvalue weighted by Gasteiger charge is 2.09. The molecule has 120 valence electrons. The van der Waals surface area contributed by atoms with Crippen LogP contribution in [0.5, 0.6) is 0 Å². The number of rotatable bonds is 6. The van der Waals surface area contributed by atoms with E-state index in [1.54, 1.807) is 25.0 Å². The Labute approximate surface area is 143 Å². The van der Waals surface area contributed by atoms with Crippen LogP contribution in [0, 0.1) is 13.8 Å². The molecule has 0 amide bonds. The summed E-state index contributed by atoms with van der Waals surface area (Å²) in [5.41, 5.74) is 2.01. The third-order valence-corrected chi connectivity index (χ3v) is 4.72. The van der Waals surface area contributed by atoms with Crippen LogP contribution in [0.15, 0.2) is 34.1 Å². The summed E-state index contributed by atoms with van der Waals surface area (Å²) in [6.07, 6.45) is 3.39. The zero-order chi connectivity index (χ0) is 16.2. The fraction of sp³-hybridized carbons (Fsp3) is 0.333. The van der Waals surface area contributed by atoms with E-state index < -0.39 is 0 Å². The van der Waals surface area contributed by atoms with Gasteiger partial charge in [-0.05, 0) is 31.0 Å². The van der Waals surface area contributed by atoms with E-state index in [-0.39, 0.29) is 0 Å². The normalized spacial score (nSPS) is 11.1. The molecule has 23 heavy (non-hydrogen) atoms. The molecule has 2 aromatic heterocycles. The molecule has 0 aliphatic rings. The second-order valence-corrected chi connectivity index (χ2v) is 6.55. The van der Waals surface area contributed by atoms with Crippen molar-refractivity contribution in [3.63, 3.8) is 0 Å². The number of halogens is 1. The molecule has 2 heterocycles. The standard InChI is InChI=1S/C15H16ClN5OS/c1-10-5-6-12(8-13(10)16)21-9-17-20-15(21)23-7-3-4-14-19-18-11(2)22-14/h5-6,8-9H,3-4,7H2,1-2H3. The molecule has 3 aromatic rings. The molecule has 0 aliphatic heterocycles. The molecule has 0 aliphatic carbocycles. The SMILES string of the molecule is Cc1nnc(CCCSc2nncn2-c2ccc(C)c(Cl)c2)o1. The molecule has 1 aromatic carbocycles. The van der Waals surface area contributed by atoms with Crippen LogP contribution in [0.3, 0.4) is 0 Å². The summed E-state index contributed by atoms with van der Waals surface area (Å²) in [6, 6.07) is 5.92. The van der Waals surface area contributed by atoms with Gasteiger partial charge in [0.05, 0.1) is 5.69 Å². The molecule has 0 saturated carbocycles. The quantitative estimate of drug-likeness (QED) is 0.499. The fourth-order valence-corrected chi connectivity index (χ4v) is 3.10. The number of aryl methyl sites for hydroxylation is 3. The van der Waals surface area contributed by atoms with Gasteiger partial charge in [0, 0.05) is 24.1 Å². The number of hydrogen-bond acceptors (Lipinski definition) is 6. The maximum absolute atomic E-state index is 6.20.